The van der Waals surface area contributed by atoms with Gasteiger partial charge >= 0.3 is 5.97 Å². The van der Waals surface area contributed by atoms with Crippen LogP contribution in [0.4, 0.5) is 0 Å². The van der Waals surface area contributed by atoms with E-state index in [2.05, 4.69) is 6.58 Å². The van der Waals surface area contributed by atoms with Crippen molar-refractivity contribution in [2.75, 3.05) is 6.61 Å². The minimum absolute atomic E-state index is 0.207. The molecule has 1 atom stereocenters. The molecule has 88 valence electrons. The first-order valence-electron chi connectivity index (χ1n) is 4.91. The van der Waals surface area contributed by atoms with E-state index < -0.39 is 5.97 Å². The van der Waals surface area contributed by atoms with Crippen LogP contribution in [-0.2, 0) is 18.7 Å². The van der Waals surface area contributed by atoms with Crippen LogP contribution in [0.2, 0.25) is 0 Å². The lowest BCUT2D eigenvalue weighted by Crippen LogP contribution is -2.32. The van der Waals surface area contributed by atoms with E-state index in [9.17, 15) is 4.79 Å². The van der Waals surface area contributed by atoms with E-state index in [4.69, 9.17) is 13.9 Å². The predicted octanol–water partition coefficient (Wildman–Crippen LogP) is 0.544. The van der Waals surface area contributed by atoms with Crippen LogP contribution in [-0.4, -0.2) is 35.0 Å². The molecule has 0 saturated carbocycles. The van der Waals surface area contributed by atoms with Gasteiger partial charge in [-0.15, -0.1) is 0 Å². The monoisotopic (exact) mass is 232 g/mol. The van der Waals surface area contributed by atoms with Gasteiger partial charge in [0.25, 0.3) is 0 Å². The highest BCUT2D eigenvalue weighted by atomic mass is 28.2. The Morgan fingerprint density at radius 2 is 2.20 bits per heavy atom. The maximum absolute atomic E-state index is 10.8. The van der Waals surface area contributed by atoms with Gasteiger partial charge in [-0.3, -0.25) is 0 Å². The van der Waals surface area contributed by atoms with Gasteiger partial charge in [-0.25, -0.2) is 4.79 Å². The number of carbonyl (C=O) groups is 1. The summed E-state index contributed by atoms with van der Waals surface area (Å²) >= 11 is 0. The molecule has 0 heterocycles. The van der Waals surface area contributed by atoms with Crippen LogP contribution in [0.5, 0.6) is 0 Å². The third kappa shape index (κ3) is 7.30. The van der Waals surface area contributed by atoms with E-state index >= 15 is 0 Å². The fraction of sp³-hybridized carbons (Fsp3) is 0.700. The Hall–Kier alpha value is -0.653. The molecule has 0 bridgehead atoms. The van der Waals surface area contributed by atoms with Crippen molar-refractivity contribution in [2.24, 2.45) is 0 Å². The molecular weight excluding hydrogens is 212 g/mol. The number of esters is 1. The van der Waals surface area contributed by atoms with Crippen LogP contribution in [0.1, 0.15) is 27.2 Å². The SMILES string of the molecule is C=CC(=O)OCCC(C)(C)OC(C)O[SiH3]. The molecule has 0 aliphatic heterocycles. The molecular formula is C10H20O4Si. The molecule has 0 aromatic carbocycles. The zero-order valence-corrected chi connectivity index (χ0v) is 11.9. The standard InChI is InChI=1S/C10H20O4Si/c1-5-9(11)12-7-6-10(3,4)13-8(2)14-15/h5,8H,1,6-7H2,2-4,15H3. The molecule has 0 N–H and O–H groups in total. The third-order valence-electron chi connectivity index (χ3n) is 1.93. The minimum Gasteiger partial charge on any atom is -0.462 e. The van der Waals surface area contributed by atoms with Gasteiger partial charge in [0.05, 0.1) is 12.2 Å². The number of carbonyl (C=O) groups excluding carboxylic acids is 1. The fourth-order valence-corrected chi connectivity index (χ4v) is 1.11. The molecule has 15 heavy (non-hydrogen) atoms. The van der Waals surface area contributed by atoms with Gasteiger partial charge in [0.15, 0.2) is 0 Å². The van der Waals surface area contributed by atoms with Crippen LogP contribution in [0.3, 0.4) is 0 Å². The van der Waals surface area contributed by atoms with E-state index in [-0.39, 0.29) is 11.9 Å². The fourth-order valence-electron chi connectivity index (χ4n) is 1.01. The second-order valence-electron chi connectivity index (χ2n) is 3.80. The molecule has 0 radical (unpaired) electrons. The number of rotatable bonds is 7. The van der Waals surface area contributed by atoms with E-state index in [1.165, 1.54) is 0 Å². The Bertz CT molecular complexity index is 215. The van der Waals surface area contributed by atoms with Crippen LogP contribution in [0.15, 0.2) is 12.7 Å². The Kier molecular flexibility index (Phi) is 6.47. The Labute approximate surface area is 94.1 Å². The zero-order valence-electron chi connectivity index (χ0n) is 9.91. The second-order valence-corrected chi connectivity index (χ2v) is 4.27. The Morgan fingerprint density at radius 1 is 1.60 bits per heavy atom. The highest BCUT2D eigenvalue weighted by Crippen LogP contribution is 2.17. The van der Waals surface area contributed by atoms with Crippen molar-refractivity contribution >= 4 is 16.5 Å². The average Bonchev–Trinajstić information content (AvgIpc) is 2.16. The lowest BCUT2D eigenvalue weighted by Gasteiger charge is -2.28. The minimum atomic E-state index is -0.405. The molecule has 0 aromatic heterocycles. The molecule has 0 aliphatic rings. The molecule has 0 saturated heterocycles. The van der Waals surface area contributed by atoms with Gasteiger partial charge in [0, 0.05) is 12.5 Å². The van der Waals surface area contributed by atoms with Crippen LogP contribution in [0.25, 0.3) is 0 Å². The first kappa shape index (κ1) is 14.3. The predicted molar refractivity (Wildman–Crippen MR) is 61.4 cm³/mol. The second kappa shape index (κ2) is 6.76. The average molecular weight is 232 g/mol. The molecule has 0 aliphatic carbocycles. The summed E-state index contributed by atoms with van der Waals surface area (Å²) in [7, 11) is 0.645. The van der Waals surface area contributed by atoms with Crippen LogP contribution >= 0.6 is 0 Å². The largest absolute Gasteiger partial charge is 0.462 e. The zero-order chi connectivity index (χ0) is 11.9. The van der Waals surface area contributed by atoms with Crippen molar-refractivity contribution < 1.29 is 18.7 Å². The van der Waals surface area contributed by atoms with E-state index in [1.54, 1.807) is 0 Å². The molecule has 0 fully saturated rings. The van der Waals surface area contributed by atoms with Crippen molar-refractivity contribution in [3.8, 4) is 0 Å². The summed E-state index contributed by atoms with van der Waals surface area (Å²) in [5.74, 6) is -0.405. The first-order chi connectivity index (χ1) is 6.91. The summed E-state index contributed by atoms with van der Waals surface area (Å²) in [4.78, 5) is 10.8. The van der Waals surface area contributed by atoms with Gasteiger partial charge < -0.3 is 13.9 Å². The van der Waals surface area contributed by atoms with Crippen molar-refractivity contribution in [3.05, 3.63) is 12.7 Å². The molecule has 0 aromatic rings. The third-order valence-corrected chi connectivity index (χ3v) is 2.60. The van der Waals surface area contributed by atoms with Crippen molar-refractivity contribution in [1.82, 2.24) is 0 Å². The van der Waals surface area contributed by atoms with Gasteiger partial charge in [0.2, 0.25) is 0 Å². The van der Waals surface area contributed by atoms with Crippen LogP contribution < -0.4 is 0 Å². The molecule has 0 spiro atoms. The summed E-state index contributed by atoms with van der Waals surface area (Å²) in [6, 6.07) is 0. The summed E-state index contributed by atoms with van der Waals surface area (Å²) in [5, 5.41) is 0. The molecule has 1 unspecified atom stereocenters. The van der Waals surface area contributed by atoms with E-state index in [0.29, 0.717) is 23.5 Å². The lowest BCUT2D eigenvalue weighted by molar-refractivity contribution is -0.158. The Morgan fingerprint density at radius 3 is 2.67 bits per heavy atom. The van der Waals surface area contributed by atoms with Crippen LogP contribution in [0, 0.1) is 0 Å². The van der Waals surface area contributed by atoms with E-state index in [0.717, 1.165) is 6.08 Å². The molecule has 0 amide bonds. The topological polar surface area (TPSA) is 44.8 Å². The maximum Gasteiger partial charge on any atom is 0.330 e. The molecule has 5 heteroatoms. The van der Waals surface area contributed by atoms with E-state index in [1.807, 2.05) is 20.8 Å². The quantitative estimate of drug-likeness (QED) is 0.278. The summed E-state index contributed by atoms with van der Waals surface area (Å²) in [6.07, 6.45) is 1.57. The van der Waals surface area contributed by atoms with Crippen molar-refractivity contribution in [1.29, 1.82) is 0 Å². The van der Waals surface area contributed by atoms with Crippen molar-refractivity contribution in [2.45, 2.75) is 39.1 Å². The highest BCUT2D eigenvalue weighted by molar-refractivity contribution is 5.98. The number of hydrogen-bond acceptors (Lipinski definition) is 4. The lowest BCUT2D eigenvalue weighted by atomic mass is 10.1. The van der Waals surface area contributed by atoms with Gasteiger partial charge in [-0.1, -0.05) is 6.58 Å². The maximum atomic E-state index is 10.8. The smallest absolute Gasteiger partial charge is 0.330 e. The molecule has 4 nitrogen and oxygen atoms in total. The summed E-state index contributed by atoms with van der Waals surface area (Å²) in [6.45, 7) is 9.37. The highest BCUT2D eigenvalue weighted by Gasteiger charge is 2.21. The summed E-state index contributed by atoms with van der Waals surface area (Å²) < 4.78 is 15.6. The van der Waals surface area contributed by atoms with Gasteiger partial charge in [0.1, 0.15) is 16.8 Å². The first-order valence-corrected chi connectivity index (χ1v) is 5.73. The number of ether oxygens (including phenoxy) is 2. The molecule has 0 rings (SSSR count). The normalized spacial score (nSPS) is 13.5. The van der Waals surface area contributed by atoms with Crippen molar-refractivity contribution in [3.63, 3.8) is 0 Å². The number of hydrogen-bond donors (Lipinski definition) is 0. The summed E-state index contributed by atoms with van der Waals surface area (Å²) in [5.41, 5.74) is -0.356. The van der Waals surface area contributed by atoms with Gasteiger partial charge in [-0.2, -0.15) is 0 Å². The van der Waals surface area contributed by atoms with Gasteiger partial charge in [-0.05, 0) is 20.8 Å². The Balaban J connectivity index is 3.82.